The first-order chi connectivity index (χ1) is 14.2. The molecule has 1 saturated heterocycles. The summed E-state index contributed by atoms with van der Waals surface area (Å²) < 4.78 is 31.3. The monoisotopic (exact) mass is 447 g/mol. The number of thioether (sulfide) groups is 1. The third-order valence-corrected chi connectivity index (χ3v) is 6.99. The van der Waals surface area contributed by atoms with Crippen LogP contribution in [0.3, 0.4) is 0 Å². The Bertz CT molecular complexity index is 1050. The van der Waals surface area contributed by atoms with E-state index in [1.165, 1.54) is 6.21 Å². The molecular weight excluding hydrogens is 422 g/mol. The highest BCUT2D eigenvalue weighted by Gasteiger charge is 2.21. The quantitative estimate of drug-likeness (QED) is 0.497. The first-order valence-corrected chi connectivity index (χ1v) is 12.4. The molecule has 7 nitrogen and oxygen atoms in total. The molecule has 1 N–H and O–H groups in total. The number of hydrogen-bond donors (Lipinski definition) is 1. The van der Waals surface area contributed by atoms with Crippen LogP contribution in [0.2, 0.25) is 0 Å². The zero-order valence-corrected chi connectivity index (χ0v) is 18.8. The summed E-state index contributed by atoms with van der Waals surface area (Å²) in [7, 11) is -3.63. The van der Waals surface area contributed by atoms with Crippen LogP contribution in [-0.4, -0.2) is 50.9 Å². The zero-order valence-electron chi connectivity index (χ0n) is 17.2. The number of hydrazone groups is 1. The average Bonchev–Trinajstić information content (AvgIpc) is 2.65. The van der Waals surface area contributed by atoms with Gasteiger partial charge in [0.25, 0.3) is 5.91 Å². The summed E-state index contributed by atoms with van der Waals surface area (Å²) in [5, 5.41) is 3.95. The largest absolute Gasteiger partial charge is 0.489 e. The summed E-state index contributed by atoms with van der Waals surface area (Å²) in [4.78, 5) is 12.3. The number of nitrogens with one attached hydrogen (secondary N) is 1. The molecule has 0 bridgehead atoms. The van der Waals surface area contributed by atoms with Gasteiger partial charge in [-0.1, -0.05) is 18.2 Å². The van der Waals surface area contributed by atoms with Gasteiger partial charge in [-0.25, -0.2) is 13.8 Å². The first kappa shape index (κ1) is 22.2. The number of hydrogen-bond acceptors (Lipinski definition) is 6. The van der Waals surface area contributed by atoms with Gasteiger partial charge in [-0.05, 0) is 54.8 Å². The van der Waals surface area contributed by atoms with Crippen molar-refractivity contribution in [3.63, 3.8) is 0 Å². The number of ether oxygens (including phenoxy) is 1. The van der Waals surface area contributed by atoms with Crippen LogP contribution in [0.5, 0.6) is 5.75 Å². The normalized spacial score (nSPS) is 14.4. The summed E-state index contributed by atoms with van der Waals surface area (Å²) >= 11 is 1.85. The lowest BCUT2D eigenvalue weighted by molar-refractivity contribution is -0.119. The van der Waals surface area contributed by atoms with Crippen LogP contribution in [0.1, 0.15) is 16.7 Å². The predicted molar refractivity (Wildman–Crippen MR) is 122 cm³/mol. The van der Waals surface area contributed by atoms with E-state index in [2.05, 4.69) is 10.5 Å². The summed E-state index contributed by atoms with van der Waals surface area (Å²) in [6, 6.07) is 12.7. The van der Waals surface area contributed by atoms with Crippen LogP contribution < -0.4 is 14.5 Å². The summed E-state index contributed by atoms with van der Waals surface area (Å²) in [6.45, 7) is 3.48. The molecule has 0 aliphatic carbocycles. The highest BCUT2D eigenvalue weighted by molar-refractivity contribution is 8.00. The highest BCUT2D eigenvalue weighted by Crippen LogP contribution is 2.24. The van der Waals surface area contributed by atoms with E-state index in [0.717, 1.165) is 44.5 Å². The molecule has 0 aromatic heterocycles. The maximum Gasteiger partial charge on any atom is 0.260 e. The average molecular weight is 448 g/mol. The van der Waals surface area contributed by atoms with Crippen molar-refractivity contribution >= 4 is 39.6 Å². The molecule has 0 spiro atoms. The topological polar surface area (TPSA) is 88.1 Å². The lowest BCUT2D eigenvalue weighted by Gasteiger charge is -2.25. The Balaban J connectivity index is 1.63. The van der Waals surface area contributed by atoms with Gasteiger partial charge >= 0.3 is 0 Å². The minimum Gasteiger partial charge on any atom is -0.489 e. The fourth-order valence-electron chi connectivity index (χ4n) is 2.77. The molecule has 0 saturated carbocycles. The SMILES string of the molecule is Cc1ccc(N(CC(=O)N/N=C\c2cccc(OC3CSC3)c2)S(C)(=O)=O)cc1C. The van der Waals surface area contributed by atoms with E-state index >= 15 is 0 Å². The molecule has 2 aromatic carbocycles. The predicted octanol–water partition coefficient (Wildman–Crippen LogP) is 2.71. The van der Waals surface area contributed by atoms with E-state index in [1.54, 1.807) is 12.1 Å². The molecular formula is C21H25N3O4S2. The number of nitrogens with zero attached hydrogens (tertiary/aromatic N) is 2. The van der Waals surface area contributed by atoms with Gasteiger partial charge in [0.2, 0.25) is 10.0 Å². The molecule has 1 heterocycles. The van der Waals surface area contributed by atoms with Gasteiger partial charge in [-0.3, -0.25) is 9.10 Å². The van der Waals surface area contributed by atoms with Gasteiger partial charge < -0.3 is 4.74 Å². The van der Waals surface area contributed by atoms with Crippen molar-refractivity contribution in [2.75, 3.05) is 28.6 Å². The molecule has 1 amide bonds. The molecule has 3 rings (SSSR count). The van der Waals surface area contributed by atoms with Crippen LogP contribution >= 0.6 is 11.8 Å². The van der Waals surface area contributed by atoms with Crippen LogP contribution in [-0.2, 0) is 14.8 Å². The van der Waals surface area contributed by atoms with E-state index in [0.29, 0.717) is 5.69 Å². The standard InChI is InChI=1S/C21H25N3O4S2/c1-15-7-8-18(9-16(15)2)24(30(3,26)27)12-21(25)23-22-11-17-5-4-6-19(10-17)28-20-13-29-14-20/h4-11,20H,12-14H2,1-3H3,(H,23,25)/b22-11-. The number of carbonyl (C=O) groups is 1. The fraction of sp³-hybridized carbons (Fsp3) is 0.333. The van der Waals surface area contributed by atoms with Gasteiger partial charge in [-0.15, -0.1) is 0 Å². The Morgan fingerprint density at radius 2 is 2.00 bits per heavy atom. The van der Waals surface area contributed by atoms with Crippen molar-refractivity contribution in [2.45, 2.75) is 20.0 Å². The lowest BCUT2D eigenvalue weighted by Crippen LogP contribution is -2.39. The third kappa shape index (κ3) is 5.99. The van der Waals surface area contributed by atoms with Crippen molar-refractivity contribution in [3.05, 3.63) is 59.2 Å². The minimum absolute atomic E-state index is 0.245. The Morgan fingerprint density at radius 3 is 2.63 bits per heavy atom. The van der Waals surface area contributed by atoms with E-state index in [9.17, 15) is 13.2 Å². The Labute approximate surface area is 181 Å². The smallest absolute Gasteiger partial charge is 0.260 e. The van der Waals surface area contributed by atoms with Gasteiger partial charge in [0.05, 0.1) is 18.2 Å². The van der Waals surface area contributed by atoms with Gasteiger partial charge in [0.15, 0.2) is 0 Å². The van der Waals surface area contributed by atoms with Crippen molar-refractivity contribution in [2.24, 2.45) is 5.10 Å². The second-order valence-electron chi connectivity index (χ2n) is 7.18. The summed E-state index contributed by atoms with van der Waals surface area (Å²) in [5.74, 6) is 2.21. The van der Waals surface area contributed by atoms with Crippen LogP contribution in [0.15, 0.2) is 47.6 Å². The number of anilines is 1. The Morgan fingerprint density at radius 1 is 1.23 bits per heavy atom. The van der Waals surface area contributed by atoms with Crippen LogP contribution in [0.25, 0.3) is 0 Å². The molecule has 0 atom stereocenters. The number of benzene rings is 2. The summed E-state index contributed by atoms with van der Waals surface area (Å²) in [5.41, 5.74) is 5.60. The maximum atomic E-state index is 12.3. The number of rotatable bonds is 8. The van der Waals surface area contributed by atoms with E-state index < -0.39 is 15.9 Å². The molecule has 0 radical (unpaired) electrons. The third-order valence-electron chi connectivity index (χ3n) is 4.64. The number of amides is 1. The molecule has 0 unspecified atom stereocenters. The number of sulfonamides is 1. The van der Waals surface area contributed by atoms with Gasteiger partial charge in [-0.2, -0.15) is 16.9 Å². The second-order valence-corrected chi connectivity index (χ2v) is 10.2. The fourth-order valence-corrected chi connectivity index (χ4v) is 4.18. The van der Waals surface area contributed by atoms with Crippen molar-refractivity contribution in [1.29, 1.82) is 0 Å². The van der Waals surface area contributed by atoms with Gasteiger partial charge in [0.1, 0.15) is 18.4 Å². The Kier molecular flexibility index (Phi) is 7.04. The van der Waals surface area contributed by atoms with E-state index in [1.807, 2.05) is 55.9 Å². The van der Waals surface area contributed by atoms with E-state index in [4.69, 9.17) is 4.74 Å². The zero-order chi connectivity index (χ0) is 21.7. The van der Waals surface area contributed by atoms with Crippen molar-refractivity contribution < 1.29 is 17.9 Å². The molecule has 2 aromatic rings. The Hall–Kier alpha value is -2.52. The molecule has 30 heavy (non-hydrogen) atoms. The van der Waals surface area contributed by atoms with Crippen molar-refractivity contribution in [3.8, 4) is 5.75 Å². The number of carbonyl (C=O) groups excluding carboxylic acids is 1. The second kappa shape index (κ2) is 9.53. The highest BCUT2D eigenvalue weighted by atomic mass is 32.2. The molecule has 1 aliphatic heterocycles. The van der Waals surface area contributed by atoms with Crippen LogP contribution in [0.4, 0.5) is 5.69 Å². The summed E-state index contributed by atoms with van der Waals surface area (Å²) in [6.07, 6.45) is 2.82. The lowest BCUT2D eigenvalue weighted by atomic mass is 10.1. The van der Waals surface area contributed by atoms with E-state index in [-0.39, 0.29) is 12.6 Å². The van der Waals surface area contributed by atoms with Gasteiger partial charge in [0, 0.05) is 11.5 Å². The molecule has 9 heteroatoms. The molecule has 1 fully saturated rings. The number of aryl methyl sites for hydroxylation is 2. The molecule has 160 valence electrons. The molecule has 1 aliphatic rings. The van der Waals surface area contributed by atoms with Crippen LogP contribution in [0, 0.1) is 13.8 Å². The minimum atomic E-state index is -3.63. The maximum absolute atomic E-state index is 12.3. The van der Waals surface area contributed by atoms with Crippen molar-refractivity contribution in [1.82, 2.24) is 5.43 Å². The first-order valence-electron chi connectivity index (χ1n) is 9.44.